The summed E-state index contributed by atoms with van der Waals surface area (Å²) in [6.45, 7) is 4.85. The van der Waals surface area contributed by atoms with Gasteiger partial charge in [0.25, 0.3) is 5.69 Å². The smallest absolute Gasteiger partial charge is 0.274 e. The minimum absolute atomic E-state index is 0.0641. The van der Waals surface area contributed by atoms with Crippen molar-refractivity contribution in [2.24, 2.45) is 4.99 Å². The van der Waals surface area contributed by atoms with Gasteiger partial charge in [-0.3, -0.25) is 15.1 Å². The van der Waals surface area contributed by atoms with Crippen LogP contribution in [0.2, 0.25) is 0 Å². The number of ether oxygens (including phenoxy) is 2. The van der Waals surface area contributed by atoms with E-state index in [9.17, 15) is 10.1 Å². The van der Waals surface area contributed by atoms with Crippen LogP contribution in [0.3, 0.4) is 0 Å². The quantitative estimate of drug-likeness (QED) is 0.466. The number of nitro benzene ring substituents is 1. The highest BCUT2D eigenvalue weighted by molar-refractivity contribution is 5.86. The van der Waals surface area contributed by atoms with Crippen molar-refractivity contribution in [1.29, 1.82) is 0 Å². The average Bonchev–Trinajstić information content (AvgIpc) is 2.67. The van der Waals surface area contributed by atoms with Crippen molar-refractivity contribution in [1.82, 2.24) is 0 Å². The maximum Gasteiger partial charge on any atom is 0.274 e. The maximum atomic E-state index is 11.1. The van der Waals surface area contributed by atoms with E-state index >= 15 is 0 Å². The first-order valence-electron chi connectivity index (χ1n) is 8.38. The Hall–Kier alpha value is -2.93. The predicted molar refractivity (Wildman–Crippen MR) is 101 cm³/mol. The van der Waals surface area contributed by atoms with Crippen molar-refractivity contribution in [2.45, 2.75) is 6.92 Å². The third-order valence-corrected chi connectivity index (χ3v) is 4.34. The number of aryl methyl sites for hydroxylation is 1. The molecule has 2 aromatic rings. The molecule has 1 aliphatic heterocycles. The molecule has 3 rings (SSSR count). The molecule has 136 valence electrons. The molecule has 1 fully saturated rings. The Balaban J connectivity index is 1.84. The Morgan fingerprint density at radius 3 is 2.69 bits per heavy atom. The molecule has 0 aromatic heterocycles. The SMILES string of the molecule is COc1cc(N2CCOCC2)ccc1C=Nc1ccc(C)c([N+](=O)[O-])c1. The Bertz CT molecular complexity index is 830. The summed E-state index contributed by atoms with van der Waals surface area (Å²) in [6.07, 6.45) is 1.66. The average molecular weight is 355 g/mol. The molecule has 0 amide bonds. The summed E-state index contributed by atoms with van der Waals surface area (Å²) >= 11 is 0. The molecule has 0 spiro atoms. The van der Waals surface area contributed by atoms with Gasteiger partial charge in [0.15, 0.2) is 0 Å². The third kappa shape index (κ3) is 4.00. The molecule has 0 bridgehead atoms. The second-order valence-corrected chi connectivity index (χ2v) is 6.01. The van der Waals surface area contributed by atoms with E-state index in [0.29, 0.717) is 17.0 Å². The fourth-order valence-corrected chi connectivity index (χ4v) is 2.84. The van der Waals surface area contributed by atoms with Gasteiger partial charge in [0, 0.05) is 48.3 Å². The van der Waals surface area contributed by atoms with Gasteiger partial charge in [0.2, 0.25) is 0 Å². The fourth-order valence-electron chi connectivity index (χ4n) is 2.84. The summed E-state index contributed by atoms with van der Waals surface area (Å²) in [4.78, 5) is 17.3. The van der Waals surface area contributed by atoms with Crippen molar-refractivity contribution in [3.63, 3.8) is 0 Å². The van der Waals surface area contributed by atoms with Gasteiger partial charge in [-0.05, 0) is 25.1 Å². The van der Waals surface area contributed by atoms with Crippen LogP contribution in [0, 0.1) is 17.0 Å². The van der Waals surface area contributed by atoms with Crippen LogP contribution in [0.5, 0.6) is 5.75 Å². The zero-order valence-electron chi connectivity index (χ0n) is 14.8. The summed E-state index contributed by atoms with van der Waals surface area (Å²) in [7, 11) is 1.62. The van der Waals surface area contributed by atoms with Crippen molar-refractivity contribution < 1.29 is 14.4 Å². The predicted octanol–water partition coefficient (Wildman–Crippen LogP) is 3.50. The van der Waals surface area contributed by atoms with Gasteiger partial charge >= 0.3 is 0 Å². The molecule has 26 heavy (non-hydrogen) atoms. The second kappa shape index (κ2) is 7.97. The van der Waals surface area contributed by atoms with E-state index in [1.807, 2.05) is 18.2 Å². The van der Waals surface area contributed by atoms with Crippen molar-refractivity contribution in [3.05, 3.63) is 57.6 Å². The van der Waals surface area contributed by atoms with Gasteiger partial charge in [0.1, 0.15) is 5.75 Å². The lowest BCUT2D eigenvalue weighted by Gasteiger charge is -2.29. The molecule has 1 aliphatic rings. The number of aliphatic imine (C=N–C) groups is 1. The number of rotatable bonds is 5. The van der Waals surface area contributed by atoms with Crippen LogP contribution >= 0.6 is 0 Å². The summed E-state index contributed by atoms with van der Waals surface area (Å²) in [5.74, 6) is 0.708. The lowest BCUT2D eigenvalue weighted by atomic mass is 10.1. The third-order valence-electron chi connectivity index (χ3n) is 4.34. The molecule has 0 atom stereocenters. The van der Waals surface area contributed by atoms with E-state index in [1.165, 1.54) is 6.07 Å². The number of anilines is 1. The zero-order chi connectivity index (χ0) is 18.5. The van der Waals surface area contributed by atoms with Gasteiger partial charge in [-0.1, -0.05) is 6.07 Å². The van der Waals surface area contributed by atoms with E-state index in [2.05, 4.69) is 9.89 Å². The summed E-state index contributed by atoms with van der Waals surface area (Å²) in [5, 5.41) is 11.1. The van der Waals surface area contributed by atoms with Crippen molar-refractivity contribution in [2.75, 3.05) is 38.3 Å². The molecular formula is C19H21N3O4. The normalized spacial score (nSPS) is 14.6. The maximum absolute atomic E-state index is 11.1. The summed E-state index contributed by atoms with van der Waals surface area (Å²) < 4.78 is 10.9. The molecule has 7 heteroatoms. The Labute approximate surface area is 152 Å². The van der Waals surface area contributed by atoms with Gasteiger partial charge in [-0.2, -0.15) is 0 Å². The molecule has 0 N–H and O–H groups in total. The van der Waals surface area contributed by atoms with Crippen LogP contribution in [0.25, 0.3) is 0 Å². The van der Waals surface area contributed by atoms with Gasteiger partial charge < -0.3 is 14.4 Å². The first kappa shape index (κ1) is 17.9. The molecule has 2 aromatic carbocycles. The number of morpholine rings is 1. The Morgan fingerprint density at radius 1 is 1.23 bits per heavy atom. The Morgan fingerprint density at radius 2 is 2.00 bits per heavy atom. The minimum atomic E-state index is -0.397. The van der Waals surface area contributed by atoms with E-state index < -0.39 is 4.92 Å². The first-order chi connectivity index (χ1) is 12.6. The largest absolute Gasteiger partial charge is 0.496 e. The van der Waals surface area contributed by atoms with Crippen molar-refractivity contribution >= 4 is 23.3 Å². The van der Waals surface area contributed by atoms with E-state index in [-0.39, 0.29) is 5.69 Å². The number of hydrogen-bond donors (Lipinski definition) is 0. The number of nitro groups is 1. The lowest BCUT2D eigenvalue weighted by molar-refractivity contribution is -0.385. The zero-order valence-corrected chi connectivity index (χ0v) is 14.8. The van der Waals surface area contributed by atoms with E-state index in [4.69, 9.17) is 9.47 Å². The number of nitrogens with zero attached hydrogens (tertiary/aromatic N) is 3. The summed E-state index contributed by atoms with van der Waals surface area (Å²) in [5.41, 5.74) is 3.10. The molecule has 0 aliphatic carbocycles. The monoisotopic (exact) mass is 355 g/mol. The van der Waals surface area contributed by atoms with Gasteiger partial charge in [-0.15, -0.1) is 0 Å². The highest BCUT2D eigenvalue weighted by Crippen LogP contribution is 2.27. The molecule has 1 saturated heterocycles. The number of hydrogen-bond acceptors (Lipinski definition) is 6. The van der Waals surface area contributed by atoms with Crippen LogP contribution in [-0.4, -0.2) is 44.6 Å². The fraction of sp³-hybridized carbons (Fsp3) is 0.316. The molecule has 0 unspecified atom stereocenters. The van der Waals surface area contributed by atoms with Crippen molar-refractivity contribution in [3.8, 4) is 5.75 Å². The van der Waals surface area contributed by atoms with Crippen LogP contribution in [-0.2, 0) is 4.74 Å². The highest BCUT2D eigenvalue weighted by atomic mass is 16.6. The standard InChI is InChI=1S/C19H21N3O4/c1-14-3-5-16(11-18(14)22(23)24)20-13-15-4-6-17(12-19(15)25-2)21-7-9-26-10-8-21/h3-6,11-13H,7-10H2,1-2H3. The molecular weight excluding hydrogens is 334 g/mol. The second-order valence-electron chi connectivity index (χ2n) is 6.01. The van der Waals surface area contributed by atoms with Gasteiger partial charge in [0.05, 0.1) is 30.9 Å². The Kier molecular flexibility index (Phi) is 5.48. The summed E-state index contributed by atoms with van der Waals surface area (Å²) in [6, 6.07) is 10.9. The molecule has 0 radical (unpaired) electrons. The van der Waals surface area contributed by atoms with Crippen LogP contribution in [0.15, 0.2) is 41.4 Å². The number of benzene rings is 2. The molecule has 7 nitrogen and oxygen atoms in total. The van der Waals surface area contributed by atoms with Gasteiger partial charge in [-0.25, -0.2) is 0 Å². The van der Waals surface area contributed by atoms with Crippen LogP contribution in [0.1, 0.15) is 11.1 Å². The highest BCUT2D eigenvalue weighted by Gasteiger charge is 2.13. The molecule has 0 saturated carbocycles. The van der Waals surface area contributed by atoms with E-state index in [0.717, 1.165) is 37.6 Å². The first-order valence-corrected chi connectivity index (χ1v) is 8.38. The lowest BCUT2D eigenvalue weighted by Crippen LogP contribution is -2.36. The van der Waals surface area contributed by atoms with E-state index in [1.54, 1.807) is 32.4 Å². The van der Waals surface area contributed by atoms with Crippen LogP contribution < -0.4 is 9.64 Å². The molecule has 1 heterocycles. The minimum Gasteiger partial charge on any atom is -0.496 e. The number of methoxy groups -OCH3 is 1. The topological polar surface area (TPSA) is 77.2 Å². The van der Waals surface area contributed by atoms with Crippen LogP contribution in [0.4, 0.5) is 17.1 Å².